The van der Waals surface area contributed by atoms with Gasteiger partial charge in [0.15, 0.2) is 0 Å². The second-order valence-corrected chi connectivity index (χ2v) is 6.13. The zero-order chi connectivity index (χ0) is 15.0. The van der Waals surface area contributed by atoms with E-state index < -0.39 is 0 Å². The first-order valence-corrected chi connectivity index (χ1v) is 8.00. The largest absolute Gasteiger partial charge is 0.399 e. The monoisotopic (exact) mass is 363 g/mol. The van der Waals surface area contributed by atoms with Crippen molar-refractivity contribution in [3.05, 3.63) is 51.7 Å². The van der Waals surface area contributed by atoms with Crippen LogP contribution in [-0.4, -0.2) is 9.55 Å². The lowest BCUT2D eigenvalue weighted by molar-refractivity contribution is 0.817. The summed E-state index contributed by atoms with van der Waals surface area (Å²) < 4.78 is 3.02. The van der Waals surface area contributed by atoms with Gasteiger partial charge in [0.05, 0.1) is 26.2 Å². The van der Waals surface area contributed by atoms with E-state index in [0.29, 0.717) is 5.02 Å². The minimum Gasteiger partial charge on any atom is -0.399 e. The van der Waals surface area contributed by atoms with Gasteiger partial charge in [0.1, 0.15) is 5.82 Å². The second-order valence-electron chi connectivity index (χ2n) is 4.93. The Morgan fingerprint density at radius 2 is 2.10 bits per heavy atom. The minimum absolute atomic E-state index is 0.687. The van der Waals surface area contributed by atoms with Crippen molar-refractivity contribution in [2.24, 2.45) is 0 Å². The van der Waals surface area contributed by atoms with E-state index in [1.807, 2.05) is 36.4 Å². The lowest BCUT2D eigenvalue weighted by Crippen LogP contribution is -2.02. The fourth-order valence-electron chi connectivity index (χ4n) is 2.47. The molecular formula is C16H15BrClN3. The Hall–Kier alpha value is -1.52. The SMILES string of the molecule is CCCc1nc2cc(N)ccc2n1-c1cccc(Cl)c1Br. The number of benzene rings is 2. The number of nitrogens with zero attached hydrogens (tertiary/aromatic N) is 2. The van der Waals surface area contributed by atoms with Crippen LogP contribution in [0.3, 0.4) is 0 Å². The third kappa shape index (κ3) is 2.54. The number of imidazole rings is 1. The van der Waals surface area contributed by atoms with Crippen molar-refractivity contribution in [1.29, 1.82) is 0 Å². The fraction of sp³-hybridized carbons (Fsp3) is 0.188. The Kier molecular flexibility index (Phi) is 3.91. The molecule has 0 radical (unpaired) electrons. The quantitative estimate of drug-likeness (QED) is 0.666. The maximum Gasteiger partial charge on any atom is 0.114 e. The zero-order valence-electron chi connectivity index (χ0n) is 11.6. The summed E-state index contributed by atoms with van der Waals surface area (Å²) in [6, 6.07) is 11.7. The molecule has 1 aromatic heterocycles. The molecule has 2 aromatic carbocycles. The molecule has 108 valence electrons. The summed E-state index contributed by atoms with van der Waals surface area (Å²) >= 11 is 9.82. The maximum atomic E-state index is 6.24. The van der Waals surface area contributed by atoms with E-state index in [4.69, 9.17) is 22.3 Å². The maximum absolute atomic E-state index is 6.24. The van der Waals surface area contributed by atoms with Crippen molar-refractivity contribution >= 4 is 44.3 Å². The zero-order valence-corrected chi connectivity index (χ0v) is 13.9. The number of fused-ring (bicyclic) bond motifs is 1. The Labute approximate surface area is 136 Å². The van der Waals surface area contributed by atoms with Crippen LogP contribution >= 0.6 is 27.5 Å². The van der Waals surface area contributed by atoms with Crippen LogP contribution < -0.4 is 5.73 Å². The number of hydrogen-bond acceptors (Lipinski definition) is 2. The molecule has 0 aliphatic carbocycles. The molecule has 0 unspecified atom stereocenters. The molecular weight excluding hydrogens is 350 g/mol. The first kappa shape index (κ1) is 14.4. The molecule has 2 N–H and O–H groups in total. The summed E-state index contributed by atoms with van der Waals surface area (Å²) in [7, 11) is 0. The Morgan fingerprint density at radius 1 is 1.29 bits per heavy atom. The molecule has 0 atom stereocenters. The van der Waals surface area contributed by atoms with Gasteiger partial charge in [0, 0.05) is 12.1 Å². The first-order chi connectivity index (χ1) is 10.1. The Balaban J connectivity index is 2.33. The van der Waals surface area contributed by atoms with Crippen molar-refractivity contribution in [2.75, 3.05) is 5.73 Å². The third-order valence-corrected chi connectivity index (χ3v) is 4.77. The lowest BCUT2D eigenvalue weighted by atomic mass is 10.2. The Morgan fingerprint density at radius 3 is 2.86 bits per heavy atom. The van der Waals surface area contributed by atoms with Crippen LogP contribution in [0.4, 0.5) is 5.69 Å². The fourth-order valence-corrected chi connectivity index (χ4v) is 3.08. The average molecular weight is 365 g/mol. The molecule has 0 fully saturated rings. The van der Waals surface area contributed by atoms with E-state index in [1.54, 1.807) is 0 Å². The summed E-state index contributed by atoms with van der Waals surface area (Å²) in [5.74, 6) is 1.01. The van der Waals surface area contributed by atoms with E-state index in [1.165, 1.54) is 0 Å². The third-order valence-electron chi connectivity index (χ3n) is 3.39. The first-order valence-electron chi connectivity index (χ1n) is 6.83. The molecule has 0 aliphatic rings. The number of hydrogen-bond donors (Lipinski definition) is 1. The van der Waals surface area contributed by atoms with Gasteiger partial charge in [-0.05, 0) is 52.7 Å². The predicted octanol–water partition coefficient (Wildman–Crippen LogP) is 4.98. The van der Waals surface area contributed by atoms with Crippen molar-refractivity contribution in [3.63, 3.8) is 0 Å². The molecule has 3 aromatic rings. The van der Waals surface area contributed by atoms with Gasteiger partial charge in [-0.3, -0.25) is 4.57 Å². The molecule has 0 saturated heterocycles. The molecule has 3 nitrogen and oxygen atoms in total. The number of halogens is 2. The number of nitrogens with two attached hydrogens (primary N) is 1. The van der Waals surface area contributed by atoms with E-state index in [2.05, 4.69) is 27.4 Å². The van der Waals surface area contributed by atoms with Gasteiger partial charge >= 0.3 is 0 Å². The van der Waals surface area contributed by atoms with Crippen LogP contribution in [0.5, 0.6) is 0 Å². The van der Waals surface area contributed by atoms with Crippen LogP contribution in [0.15, 0.2) is 40.9 Å². The summed E-state index contributed by atoms with van der Waals surface area (Å²) in [5, 5.41) is 0.687. The molecule has 0 saturated carbocycles. The predicted molar refractivity (Wildman–Crippen MR) is 92.2 cm³/mol. The molecule has 0 aliphatic heterocycles. The highest BCUT2D eigenvalue weighted by Gasteiger charge is 2.15. The van der Waals surface area contributed by atoms with Crippen LogP contribution in [0.1, 0.15) is 19.2 Å². The van der Waals surface area contributed by atoms with Crippen LogP contribution in [0, 0.1) is 0 Å². The number of rotatable bonds is 3. The smallest absolute Gasteiger partial charge is 0.114 e. The van der Waals surface area contributed by atoms with Crippen molar-refractivity contribution in [3.8, 4) is 5.69 Å². The van der Waals surface area contributed by atoms with Crippen molar-refractivity contribution in [1.82, 2.24) is 9.55 Å². The number of aryl methyl sites for hydroxylation is 1. The molecule has 5 heteroatoms. The van der Waals surface area contributed by atoms with E-state index in [-0.39, 0.29) is 0 Å². The molecule has 0 bridgehead atoms. The molecule has 0 amide bonds. The number of nitrogen functional groups attached to an aromatic ring is 1. The molecule has 21 heavy (non-hydrogen) atoms. The highest BCUT2D eigenvalue weighted by Crippen LogP contribution is 2.33. The second kappa shape index (κ2) is 5.70. The average Bonchev–Trinajstić information content (AvgIpc) is 2.79. The normalized spacial score (nSPS) is 11.2. The van der Waals surface area contributed by atoms with Gasteiger partial charge in [-0.2, -0.15) is 0 Å². The standard InChI is InChI=1S/C16H15BrClN3/c1-2-4-15-20-12-9-10(19)7-8-13(12)21(15)14-6-3-5-11(18)16(14)17/h3,5-9H,2,4,19H2,1H3. The van der Waals surface area contributed by atoms with Gasteiger partial charge in [-0.1, -0.05) is 24.6 Å². The van der Waals surface area contributed by atoms with E-state index >= 15 is 0 Å². The van der Waals surface area contributed by atoms with Crippen LogP contribution in [0.25, 0.3) is 16.7 Å². The van der Waals surface area contributed by atoms with Crippen LogP contribution in [0.2, 0.25) is 5.02 Å². The van der Waals surface area contributed by atoms with Gasteiger partial charge in [0.2, 0.25) is 0 Å². The molecule has 0 spiro atoms. The highest BCUT2D eigenvalue weighted by atomic mass is 79.9. The van der Waals surface area contributed by atoms with Gasteiger partial charge in [-0.25, -0.2) is 4.98 Å². The number of anilines is 1. The summed E-state index contributed by atoms with van der Waals surface area (Å²) in [5.41, 5.74) is 9.54. The van der Waals surface area contributed by atoms with Gasteiger partial charge in [0.25, 0.3) is 0 Å². The van der Waals surface area contributed by atoms with Gasteiger partial charge in [-0.15, -0.1) is 0 Å². The highest BCUT2D eigenvalue weighted by molar-refractivity contribution is 9.10. The number of aromatic nitrogens is 2. The summed E-state index contributed by atoms with van der Waals surface area (Å²) in [6.07, 6.45) is 1.92. The molecule has 1 heterocycles. The van der Waals surface area contributed by atoms with E-state index in [0.717, 1.165) is 45.5 Å². The Bertz CT molecular complexity index is 811. The van der Waals surface area contributed by atoms with Gasteiger partial charge < -0.3 is 5.73 Å². The minimum atomic E-state index is 0.687. The van der Waals surface area contributed by atoms with Crippen molar-refractivity contribution < 1.29 is 0 Å². The topological polar surface area (TPSA) is 43.8 Å². The molecule has 3 rings (SSSR count). The lowest BCUT2D eigenvalue weighted by Gasteiger charge is -2.12. The summed E-state index contributed by atoms with van der Waals surface area (Å²) in [4.78, 5) is 4.73. The van der Waals surface area contributed by atoms with E-state index in [9.17, 15) is 0 Å². The summed E-state index contributed by atoms with van der Waals surface area (Å²) in [6.45, 7) is 2.14. The van der Waals surface area contributed by atoms with Crippen molar-refractivity contribution in [2.45, 2.75) is 19.8 Å². The van der Waals surface area contributed by atoms with Crippen LogP contribution in [-0.2, 0) is 6.42 Å².